The van der Waals surface area contributed by atoms with Crippen molar-refractivity contribution in [3.63, 3.8) is 0 Å². The van der Waals surface area contributed by atoms with Crippen molar-refractivity contribution in [3.05, 3.63) is 35.6 Å². The van der Waals surface area contributed by atoms with E-state index in [1.165, 1.54) is 7.11 Å². The van der Waals surface area contributed by atoms with E-state index in [-0.39, 0.29) is 11.7 Å². The van der Waals surface area contributed by atoms with Gasteiger partial charge in [-0.2, -0.15) is 0 Å². The molecule has 0 atom stereocenters. The minimum atomic E-state index is -0.369. The van der Waals surface area contributed by atoms with Crippen LogP contribution in [0.3, 0.4) is 0 Å². The number of hydroxylamine groups is 1. The van der Waals surface area contributed by atoms with Crippen molar-refractivity contribution >= 4 is 16.9 Å². The van der Waals surface area contributed by atoms with Crippen molar-refractivity contribution in [2.75, 3.05) is 7.11 Å². The standard InChI is InChI=1S/C11H11NO3/c1-7-8-5-3-4-6-9(8)15-10(7)11(13)12-14-2/h3-6H,1-2H3,(H,12,13). The third-order valence-electron chi connectivity index (χ3n) is 2.24. The molecule has 1 aromatic carbocycles. The van der Waals surface area contributed by atoms with E-state index in [0.29, 0.717) is 5.58 Å². The van der Waals surface area contributed by atoms with Gasteiger partial charge >= 0.3 is 5.91 Å². The van der Waals surface area contributed by atoms with Gasteiger partial charge in [0, 0.05) is 10.9 Å². The Bertz CT molecular complexity index is 502. The molecule has 1 heterocycles. The molecule has 0 radical (unpaired) electrons. The predicted molar refractivity (Wildman–Crippen MR) is 55.4 cm³/mol. The molecule has 0 aliphatic rings. The summed E-state index contributed by atoms with van der Waals surface area (Å²) in [5, 5.41) is 0.943. The van der Waals surface area contributed by atoms with Crippen LogP contribution >= 0.6 is 0 Å². The highest BCUT2D eigenvalue weighted by Crippen LogP contribution is 2.24. The van der Waals surface area contributed by atoms with Gasteiger partial charge in [-0.15, -0.1) is 0 Å². The van der Waals surface area contributed by atoms with E-state index in [4.69, 9.17) is 4.42 Å². The van der Waals surface area contributed by atoms with E-state index < -0.39 is 0 Å². The summed E-state index contributed by atoms with van der Waals surface area (Å²) >= 11 is 0. The Hall–Kier alpha value is -1.81. The van der Waals surface area contributed by atoms with Gasteiger partial charge in [0.15, 0.2) is 5.76 Å². The van der Waals surface area contributed by atoms with E-state index in [0.717, 1.165) is 10.9 Å². The fourth-order valence-electron chi connectivity index (χ4n) is 1.53. The molecule has 0 spiro atoms. The first-order chi connectivity index (χ1) is 7.24. The summed E-state index contributed by atoms with van der Waals surface area (Å²) in [5.74, 6) is -0.0794. The molecule has 1 aromatic heterocycles. The summed E-state index contributed by atoms with van der Waals surface area (Å²) in [6, 6.07) is 7.51. The number of fused-ring (bicyclic) bond motifs is 1. The maximum atomic E-state index is 11.5. The molecule has 2 rings (SSSR count). The summed E-state index contributed by atoms with van der Waals surface area (Å²) in [6.45, 7) is 1.84. The molecule has 0 saturated heterocycles. The van der Waals surface area contributed by atoms with Gasteiger partial charge in [-0.1, -0.05) is 18.2 Å². The quantitative estimate of drug-likeness (QED) is 0.763. The molecule has 0 aliphatic carbocycles. The first kappa shape index (κ1) is 9.73. The minimum absolute atomic E-state index is 0.290. The number of nitrogens with one attached hydrogen (secondary N) is 1. The molecule has 2 aromatic rings. The number of para-hydroxylation sites is 1. The average Bonchev–Trinajstić information content (AvgIpc) is 2.57. The zero-order valence-corrected chi connectivity index (χ0v) is 8.53. The zero-order chi connectivity index (χ0) is 10.8. The molecule has 0 saturated carbocycles. The highest BCUT2D eigenvalue weighted by Gasteiger charge is 2.16. The Morgan fingerprint density at radius 2 is 2.13 bits per heavy atom. The van der Waals surface area contributed by atoms with Gasteiger partial charge in [-0.05, 0) is 13.0 Å². The first-order valence-electron chi connectivity index (χ1n) is 4.55. The summed E-state index contributed by atoms with van der Waals surface area (Å²) in [5.41, 5.74) is 3.76. The molecule has 4 heteroatoms. The van der Waals surface area contributed by atoms with E-state index in [2.05, 4.69) is 10.3 Å². The fourth-order valence-corrected chi connectivity index (χ4v) is 1.53. The average molecular weight is 205 g/mol. The minimum Gasteiger partial charge on any atom is -0.451 e. The molecular weight excluding hydrogens is 194 g/mol. The van der Waals surface area contributed by atoms with Gasteiger partial charge in [0.2, 0.25) is 0 Å². The van der Waals surface area contributed by atoms with Crippen LogP contribution in [-0.2, 0) is 4.84 Å². The second kappa shape index (κ2) is 3.74. The molecule has 0 fully saturated rings. The number of furan rings is 1. The van der Waals surface area contributed by atoms with Crippen LogP contribution < -0.4 is 5.48 Å². The second-order valence-corrected chi connectivity index (χ2v) is 3.19. The van der Waals surface area contributed by atoms with Crippen molar-refractivity contribution in [2.24, 2.45) is 0 Å². The number of aryl methyl sites for hydroxylation is 1. The number of rotatable bonds is 2. The van der Waals surface area contributed by atoms with Gasteiger partial charge < -0.3 is 4.42 Å². The lowest BCUT2D eigenvalue weighted by molar-refractivity contribution is 0.0511. The van der Waals surface area contributed by atoms with Crippen LogP contribution in [0.4, 0.5) is 0 Å². The van der Waals surface area contributed by atoms with Crippen LogP contribution in [0.5, 0.6) is 0 Å². The normalized spacial score (nSPS) is 10.5. The largest absolute Gasteiger partial charge is 0.451 e. The van der Waals surface area contributed by atoms with Crippen molar-refractivity contribution in [3.8, 4) is 0 Å². The molecule has 15 heavy (non-hydrogen) atoms. The number of hydrogen-bond donors (Lipinski definition) is 1. The third-order valence-corrected chi connectivity index (χ3v) is 2.24. The van der Waals surface area contributed by atoms with Crippen LogP contribution in [-0.4, -0.2) is 13.0 Å². The number of hydrogen-bond acceptors (Lipinski definition) is 3. The lowest BCUT2D eigenvalue weighted by Gasteiger charge is -1.98. The number of benzene rings is 1. The predicted octanol–water partition coefficient (Wildman–Crippen LogP) is 2.03. The van der Waals surface area contributed by atoms with E-state index in [1.54, 1.807) is 0 Å². The molecule has 0 aliphatic heterocycles. The van der Waals surface area contributed by atoms with Crippen LogP contribution in [0.1, 0.15) is 16.1 Å². The summed E-state index contributed by atoms with van der Waals surface area (Å²) in [6.07, 6.45) is 0. The Kier molecular flexibility index (Phi) is 2.43. The molecule has 0 unspecified atom stereocenters. The topological polar surface area (TPSA) is 51.5 Å². The van der Waals surface area contributed by atoms with E-state index in [1.807, 2.05) is 31.2 Å². The second-order valence-electron chi connectivity index (χ2n) is 3.19. The highest BCUT2D eigenvalue weighted by atomic mass is 16.6. The lowest BCUT2D eigenvalue weighted by atomic mass is 10.1. The molecule has 0 bridgehead atoms. The van der Waals surface area contributed by atoms with Crippen LogP contribution in [0.15, 0.2) is 28.7 Å². The first-order valence-corrected chi connectivity index (χ1v) is 4.55. The molecule has 78 valence electrons. The molecular formula is C11H11NO3. The summed E-state index contributed by atoms with van der Waals surface area (Å²) in [4.78, 5) is 16.1. The van der Waals surface area contributed by atoms with Crippen LogP contribution in [0.2, 0.25) is 0 Å². The highest BCUT2D eigenvalue weighted by molar-refractivity contribution is 5.98. The van der Waals surface area contributed by atoms with Gasteiger partial charge in [0.1, 0.15) is 5.58 Å². The number of amides is 1. The molecule has 1 amide bonds. The Morgan fingerprint density at radius 1 is 1.40 bits per heavy atom. The molecule has 4 nitrogen and oxygen atoms in total. The van der Waals surface area contributed by atoms with Gasteiger partial charge in [0.05, 0.1) is 7.11 Å². The zero-order valence-electron chi connectivity index (χ0n) is 8.53. The summed E-state index contributed by atoms with van der Waals surface area (Å²) in [7, 11) is 1.38. The van der Waals surface area contributed by atoms with Gasteiger partial charge in [-0.3, -0.25) is 9.63 Å². The van der Waals surface area contributed by atoms with E-state index in [9.17, 15) is 4.79 Å². The summed E-state index contributed by atoms with van der Waals surface area (Å²) < 4.78 is 5.42. The smallest absolute Gasteiger partial charge is 0.310 e. The number of carbonyl (C=O) groups excluding carboxylic acids is 1. The van der Waals surface area contributed by atoms with Crippen molar-refractivity contribution in [1.29, 1.82) is 0 Å². The van der Waals surface area contributed by atoms with Crippen LogP contribution in [0, 0.1) is 6.92 Å². The van der Waals surface area contributed by atoms with Gasteiger partial charge in [-0.25, -0.2) is 5.48 Å². The fraction of sp³-hybridized carbons (Fsp3) is 0.182. The maximum Gasteiger partial charge on any atom is 0.310 e. The van der Waals surface area contributed by atoms with Crippen LogP contribution in [0.25, 0.3) is 11.0 Å². The van der Waals surface area contributed by atoms with Crippen molar-refractivity contribution < 1.29 is 14.0 Å². The monoisotopic (exact) mass is 205 g/mol. The van der Waals surface area contributed by atoms with Crippen molar-refractivity contribution in [1.82, 2.24) is 5.48 Å². The third kappa shape index (κ3) is 1.59. The van der Waals surface area contributed by atoms with Gasteiger partial charge in [0.25, 0.3) is 0 Å². The SMILES string of the molecule is CONC(=O)c1oc2ccccc2c1C. The Morgan fingerprint density at radius 3 is 2.80 bits per heavy atom. The Balaban J connectivity index is 2.53. The Labute approximate surface area is 86.8 Å². The van der Waals surface area contributed by atoms with E-state index >= 15 is 0 Å². The maximum absolute atomic E-state index is 11.5. The number of carbonyl (C=O) groups is 1. The molecule has 1 N–H and O–H groups in total. The van der Waals surface area contributed by atoms with Crippen molar-refractivity contribution in [2.45, 2.75) is 6.92 Å². The lowest BCUT2D eigenvalue weighted by Crippen LogP contribution is -2.21.